The molecule has 2 saturated heterocycles. The van der Waals surface area contributed by atoms with Gasteiger partial charge in [-0.2, -0.15) is 0 Å². The maximum atomic E-state index is 6.03. The molecule has 0 bridgehead atoms. The van der Waals surface area contributed by atoms with Crippen LogP contribution < -0.4 is 5.73 Å². The number of piperazine rings is 1. The second-order valence-corrected chi connectivity index (χ2v) is 6.22. The topological polar surface area (TPSA) is 51.0 Å². The average Bonchev–Trinajstić information content (AvgIpc) is 2.48. The van der Waals surface area contributed by atoms with Crippen LogP contribution in [0.25, 0.3) is 0 Å². The van der Waals surface area contributed by atoms with Crippen LogP contribution in [-0.2, 0) is 9.47 Å². The van der Waals surface area contributed by atoms with Crippen LogP contribution in [0.5, 0.6) is 0 Å². The molecule has 0 saturated carbocycles. The molecule has 2 N–H and O–H groups in total. The fourth-order valence-electron chi connectivity index (χ4n) is 3.76. The Bertz CT molecular complexity index is 286. The molecular formula is C15H31N3O2. The van der Waals surface area contributed by atoms with Crippen LogP contribution in [0.4, 0.5) is 0 Å². The first-order chi connectivity index (χ1) is 9.69. The Kier molecular flexibility index (Phi) is 6.23. The summed E-state index contributed by atoms with van der Waals surface area (Å²) in [5.41, 5.74) is 6.03. The van der Waals surface area contributed by atoms with Crippen molar-refractivity contribution in [2.75, 3.05) is 40.4 Å². The van der Waals surface area contributed by atoms with Gasteiger partial charge in [-0.1, -0.05) is 6.42 Å². The molecule has 2 fully saturated rings. The van der Waals surface area contributed by atoms with Gasteiger partial charge in [0.1, 0.15) is 0 Å². The zero-order chi connectivity index (χ0) is 14.5. The normalized spacial score (nSPS) is 30.4. The van der Waals surface area contributed by atoms with Crippen LogP contribution >= 0.6 is 0 Å². The van der Waals surface area contributed by atoms with E-state index in [1.165, 1.54) is 32.4 Å². The third-order valence-corrected chi connectivity index (χ3v) is 4.97. The number of fused-ring (bicyclic) bond motifs is 1. The molecule has 0 aromatic heterocycles. The highest BCUT2D eigenvalue weighted by Crippen LogP contribution is 2.26. The van der Waals surface area contributed by atoms with E-state index >= 15 is 0 Å². The molecule has 118 valence electrons. The maximum Gasteiger partial charge on any atom is 0.158 e. The molecule has 0 aromatic rings. The third-order valence-electron chi connectivity index (χ3n) is 4.97. The predicted octanol–water partition coefficient (Wildman–Crippen LogP) is 0.881. The fourth-order valence-corrected chi connectivity index (χ4v) is 3.76. The van der Waals surface area contributed by atoms with Gasteiger partial charge in [0.05, 0.1) is 0 Å². The molecule has 2 rings (SSSR count). The fraction of sp³-hybridized carbons (Fsp3) is 1.00. The third kappa shape index (κ3) is 3.71. The lowest BCUT2D eigenvalue weighted by Crippen LogP contribution is -2.62. The van der Waals surface area contributed by atoms with Gasteiger partial charge < -0.3 is 15.2 Å². The second kappa shape index (κ2) is 7.71. The van der Waals surface area contributed by atoms with Gasteiger partial charge in [-0.3, -0.25) is 9.80 Å². The first kappa shape index (κ1) is 16.2. The van der Waals surface area contributed by atoms with Crippen molar-refractivity contribution in [1.82, 2.24) is 9.80 Å². The number of methoxy groups -OCH3 is 2. The molecule has 5 nitrogen and oxygen atoms in total. The SMILES string of the molecule is COC(CC(CN)N1CC2CCCCN2CC1C)OC. The molecule has 3 unspecified atom stereocenters. The Hall–Kier alpha value is -0.200. The van der Waals surface area contributed by atoms with Gasteiger partial charge >= 0.3 is 0 Å². The molecular weight excluding hydrogens is 254 g/mol. The number of hydrogen-bond acceptors (Lipinski definition) is 5. The Morgan fingerprint density at radius 1 is 1.20 bits per heavy atom. The van der Waals surface area contributed by atoms with Crippen molar-refractivity contribution in [3.8, 4) is 0 Å². The lowest BCUT2D eigenvalue weighted by molar-refractivity contribution is -0.123. The summed E-state index contributed by atoms with van der Waals surface area (Å²) in [6.45, 7) is 6.58. The van der Waals surface area contributed by atoms with E-state index in [9.17, 15) is 0 Å². The quantitative estimate of drug-likeness (QED) is 0.734. The first-order valence-electron chi connectivity index (χ1n) is 7.95. The van der Waals surface area contributed by atoms with Gasteiger partial charge in [-0.05, 0) is 26.3 Å². The lowest BCUT2D eigenvalue weighted by atomic mass is 9.95. The van der Waals surface area contributed by atoms with E-state index in [0.717, 1.165) is 19.0 Å². The van der Waals surface area contributed by atoms with Crippen LogP contribution in [0, 0.1) is 0 Å². The zero-order valence-electron chi connectivity index (χ0n) is 13.3. The van der Waals surface area contributed by atoms with E-state index in [2.05, 4.69) is 16.7 Å². The minimum absolute atomic E-state index is 0.153. The summed E-state index contributed by atoms with van der Waals surface area (Å²) in [7, 11) is 3.40. The second-order valence-electron chi connectivity index (χ2n) is 6.22. The Morgan fingerprint density at radius 3 is 2.60 bits per heavy atom. The first-order valence-corrected chi connectivity index (χ1v) is 7.95. The number of ether oxygens (including phenoxy) is 2. The highest BCUT2D eigenvalue weighted by atomic mass is 16.7. The molecule has 0 amide bonds. The molecule has 2 aliphatic rings. The largest absolute Gasteiger partial charge is 0.356 e. The molecule has 3 atom stereocenters. The highest BCUT2D eigenvalue weighted by Gasteiger charge is 2.36. The van der Waals surface area contributed by atoms with Gasteiger partial charge in [0.15, 0.2) is 6.29 Å². The van der Waals surface area contributed by atoms with Crippen LogP contribution in [0.2, 0.25) is 0 Å². The molecule has 5 heteroatoms. The van der Waals surface area contributed by atoms with Crippen molar-refractivity contribution < 1.29 is 9.47 Å². The van der Waals surface area contributed by atoms with E-state index < -0.39 is 0 Å². The van der Waals surface area contributed by atoms with E-state index in [-0.39, 0.29) is 6.29 Å². The molecule has 0 radical (unpaired) electrons. The summed E-state index contributed by atoms with van der Waals surface area (Å²) < 4.78 is 10.7. The van der Waals surface area contributed by atoms with Crippen molar-refractivity contribution in [2.24, 2.45) is 5.73 Å². The summed E-state index contributed by atoms with van der Waals surface area (Å²) in [6.07, 6.45) is 4.76. The number of nitrogens with two attached hydrogens (primary N) is 1. The van der Waals surface area contributed by atoms with Gasteiger partial charge in [0.25, 0.3) is 0 Å². The zero-order valence-corrected chi connectivity index (χ0v) is 13.3. The summed E-state index contributed by atoms with van der Waals surface area (Å²) >= 11 is 0. The standard InChI is InChI=1S/C15H31N3O2/c1-12-10-17-7-5-4-6-13(17)11-18(12)14(9-16)8-15(19-2)20-3/h12-15H,4-11,16H2,1-3H3. The molecule has 0 aromatic carbocycles. The summed E-state index contributed by atoms with van der Waals surface area (Å²) in [5, 5.41) is 0. The molecule has 0 aliphatic carbocycles. The molecule has 20 heavy (non-hydrogen) atoms. The van der Waals surface area contributed by atoms with Crippen molar-refractivity contribution in [3.63, 3.8) is 0 Å². The van der Waals surface area contributed by atoms with E-state index in [0.29, 0.717) is 18.6 Å². The Labute approximate surface area is 123 Å². The summed E-state index contributed by atoms with van der Waals surface area (Å²) in [6, 6.07) is 1.63. The number of hydrogen-bond donors (Lipinski definition) is 1. The van der Waals surface area contributed by atoms with Crippen LogP contribution in [0.1, 0.15) is 32.6 Å². The minimum Gasteiger partial charge on any atom is -0.356 e. The van der Waals surface area contributed by atoms with E-state index in [4.69, 9.17) is 15.2 Å². The lowest BCUT2D eigenvalue weighted by Gasteiger charge is -2.50. The number of rotatable bonds is 6. The van der Waals surface area contributed by atoms with Crippen LogP contribution in [0.3, 0.4) is 0 Å². The van der Waals surface area contributed by atoms with Gasteiger partial charge in [-0.25, -0.2) is 0 Å². The van der Waals surface area contributed by atoms with Gasteiger partial charge in [-0.15, -0.1) is 0 Å². The van der Waals surface area contributed by atoms with Gasteiger partial charge in [0.2, 0.25) is 0 Å². The van der Waals surface area contributed by atoms with Crippen LogP contribution in [0.15, 0.2) is 0 Å². The van der Waals surface area contributed by atoms with Crippen molar-refractivity contribution >= 4 is 0 Å². The van der Waals surface area contributed by atoms with Crippen molar-refractivity contribution in [1.29, 1.82) is 0 Å². The average molecular weight is 285 g/mol. The monoisotopic (exact) mass is 285 g/mol. The molecule has 2 heterocycles. The number of nitrogens with zero attached hydrogens (tertiary/aromatic N) is 2. The Balaban J connectivity index is 1.97. The predicted molar refractivity (Wildman–Crippen MR) is 80.6 cm³/mol. The Morgan fingerprint density at radius 2 is 1.95 bits per heavy atom. The van der Waals surface area contributed by atoms with E-state index in [1.807, 2.05) is 0 Å². The van der Waals surface area contributed by atoms with E-state index in [1.54, 1.807) is 14.2 Å². The maximum absolute atomic E-state index is 6.03. The van der Waals surface area contributed by atoms with Crippen LogP contribution in [-0.4, -0.2) is 74.6 Å². The summed E-state index contributed by atoms with van der Waals surface area (Å²) in [4.78, 5) is 5.25. The molecule has 0 spiro atoms. The van der Waals surface area contributed by atoms with Crippen molar-refractivity contribution in [3.05, 3.63) is 0 Å². The van der Waals surface area contributed by atoms with Gasteiger partial charge in [0, 0.05) is 58.4 Å². The summed E-state index contributed by atoms with van der Waals surface area (Å²) in [5.74, 6) is 0. The minimum atomic E-state index is -0.153. The highest BCUT2D eigenvalue weighted by molar-refractivity contribution is 4.92. The van der Waals surface area contributed by atoms with Crippen molar-refractivity contribution in [2.45, 2.75) is 57.0 Å². The molecule has 2 aliphatic heterocycles. The number of piperidine rings is 1. The smallest absolute Gasteiger partial charge is 0.158 e.